The van der Waals surface area contributed by atoms with E-state index in [0.717, 1.165) is 26.4 Å². The van der Waals surface area contributed by atoms with Crippen molar-refractivity contribution in [1.29, 1.82) is 0 Å². The Hall–Kier alpha value is -4.04. The number of anilines is 1. The summed E-state index contributed by atoms with van der Waals surface area (Å²) in [5.41, 5.74) is 7.25. The summed E-state index contributed by atoms with van der Waals surface area (Å²) in [5, 5.41) is 21.9. The number of aliphatic hydroxyl groups is 1. The van der Waals surface area contributed by atoms with E-state index in [1.807, 2.05) is 75.4 Å². The maximum Gasteiger partial charge on any atom is 0.253 e. The molecule has 0 unspecified atom stereocenters. The Morgan fingerprint density at radius 2 is 1.55 bits per heavy atom. The molecule has 0 fully saturated rings. The average Bonchev–Trinajstić information content (AvgIpc) is 2.99. The zero-order chi connectivity index (χ0) is 31.4. The number of hydrogen-bond acceptors (Lipinski definition) is 5. The number of halogens is 1. The third kappa shape index (κ3) is 7.36. The molecule has 44 heavy (non-hydrogen) atoms. The standard InChI is InChI=1S/C36H36ClN3O3S/c1-36(2,3)40-35(43)32-25(16-15-23-10-6-7-12-27(23)32)20-31(41)30(39-34(42)28-13-8-14-29(38)33(28)37)21-44-26-18-17-22-9-4-5-11-24(22)19-26/h4-19,30-31,41H,20-21,38H2,1-3H3,(H,39,42)(H,40,43)/t30-,31+/m0/s1. The van der Waals surface area contributed by atoms with Gasteiger partial charge in [0.1, 0.15) is 0 Å². The molecular weight excluding hydrogens is 590 g/mol. The second kappa shape index (κ2) is 13.3. The Bertz CT molecular complexity index is 1840. The molecule has 0 saturated carbocycles. The number of carbonyl (C=O) groups excluding carboxylic acids is 2. The van der Waals surface area contributed by atoms with E-state index >= 15 is 0 Å². The zero-order valence-corrected chi connectivity index (χ0v) is 26.5. The fraction of sp³-hybridized carbons (Fsp3) is 0.222. The lowest BCUT2D eigenvalue weighted by atomic mass is 9.92. The first kappa shape index (κ1) is 31.4. The molecule has 6 nitrogen and oxygen atoms in total. The van der Waals surface area contributed by atoms with E-state index in [1.165, 1.54) is 11.8 Å². The van der Waals surface area contributed by atoms with Crippen LogP contribution in [0.3, 0.4) is 0 Å². The topological polar surface area (TPSA) is 104 Å². The Kier molecular flexibility index (Phi) is 9.49. The summed E-state index contributed by atoms with van der Waals surface area (Å²) in [6, 6.07) is 30.1. The molecule has 0 heterocycles. The van der Waals surface area contributed by atoms with Crippen LogP contribution in [-0.4, -0.2) is 40.4 Å². The van der Waals surface area contributed by atoms with Crippen LogP contribution in [0.5, 0.6) is 0 Å². The highest BCUT2D eigenvalue weighted by atomic mass is 35.5. The lowest BCUT2D eigenvalue weighted by Gasteiger charge is -2.26. The van der Waals surface area contributed by atoms with Crippen LogP contribution in [0.25, 0.3) is 21.5 Å². The van der Waals surface area contributed by atoms with Gasteiger partial charge >= 0.3 is 0 Å². The molecule has 0 aliphatic carbocycles. The first-order chi connectivity index (χ1) is 21.0. The van der Waals surface area contributed by atoms with Gasteiger partial charge in [-0.25, -0.2) is 0 Å². The number of amides is 2. The number of aliphatic hydroxyl groups excluding tert-OH is 1. The summed E-state index contributed by atoms with van der Waals surface area (Å²) >= 11 is 7.91. The maximum atomic E-state index is 13.6. The van der Waals surface area contributed by atoms with Crippen molar-refractivity contribution in [3.05, 3.63) is 119 Å². The molecule has 5 aromatic rings. The van der Waals surface area contributed by atoms with E-state index in [2.05, 4.69) is 34.9 Å². The fourth-order valence-corrected chi connectivity index (χ4v) is 6.45. The smallest absolute Gasteiger partial charge is 0.253 e. The molecule has 0 radical (unpaired) electrons. The van der Waals surface area contributed by atoms with Crippen LogP contribution in [0.15, 0.2) is 102 Å². The predicted octanol–water partition coefficient (Wildman–Crippen LogP) is 7.25. The third-order valence-electron chi connectivity index (χ3n) is 7.36. The predicted molar refractivity (Wildman–Crippen MR) is 183 cm³/mol. The minimum atomic E-state index is -1.02. The SMILES string of the molecule is CC(C)(C)NC(=O)c1c(C[C@@H](O)[C@H](CSc2ccc3ccccc3c2)NC(=O)c2cccc(N)c2Cl)ccc2ccccc12. The monoisotopic (exact) mass is 625 g/mol. The van der Waals surface area contributed by atoms with Crippen molar-refractivity contribution in [2.45, 2.75) is 49.8 Å². The third-order valence-corrected chi connectivity index (χ3v) is 8.90. The van der Waals surface area contributed by atoms with Gasteiger partial charge < -0.3 is 21.5 Å². The number of carbonyl (C=O) groups is 2. The van der Waals surface area contributed by atoms with Crippen LogP contribution in [0.2, 0.25) is 5.02 Å². The Morgan fingerprint density at radius 1 is 0.864 bits per heavy atom. The van der Waals surface area contributed by atoms with Gasteiger partial charge in [-0.2, -0.15) is 0 Å². The van der Waals surface area contributed by atoms with E-state index in [0.29, 0.717) is 22.6 Å². The van der Waals surface area contributed by atoms with Gasteiger partial charge in [0.2, 0.25) is 0 Å². The number of fused-ring (bicyclic) bond motifs is 2. The van der Waals surface area contributed by atoms with Gasteiger partial charge in [0.15, 0.2) is 0 Å². The van der Waals surface area contributed by atoms with Gasteiger partial charge in [-0.3, -0.25) is 9.59 Å². The van der Waals surface area contributed by atoms with Crippen LogP contribution >= 0.6 is 23.4 Å². The molecule has 8 heteroatoms. The van der Waals surface area contributed by atoms with Gasteiger partial charge in [0, 0.05) is 22.6 Å². The van der Waals surface area contributed by atoms with Gasteiger partial charge in [0.25, 0.3) is 11.8 Å². The quantitative estimate of drug-likeness (QED) is 0.102. The molecule has 0 saturated heterocycles. The Morgan fingerprint density at radius 3 is 2.30 bits per heavy atom. The number of benzene rings is 5. The molecule has 0 aliphatic rings. The number of nitrogens with one attached hydrogen (secondary N) is 2. The average molecular weight is 626 g/mol. The van der Waals surface area contributed by atoms with Crippen LogP contribution < -0.4 is 16.4 Å². The lowest BCUT2D eigenvalue weighted by Crippen LogP contribution is -2.46. The van der Waals surface area contributed by atoms with E-state index in [4.69, 9.17) is 17.3 Å². The molecule has 226 valence electrons. The molecule has 2 atom stereocenters. The van der Waals surface area contributed by atoms with Gasteiger partial charge in [-0.1, -0.05) is 84.4 Å². The second-order valence-corrected chi connectivity index (χ2v) is 13.4. The van der Waals surface area contributed by atoms with Gasteiger partial charge in [0.05, 0.1) is 34.0 Å². The van der Waals surface area contributed by atoms with Crippen LogP contribution in [0.1, 0.15) is 47.1 Å². The normalized spacial score (nSPS) is 13.0. The van der Waals surface area contributed by atoms with Crippen LogP contribution in [0, 0.1) is 0 Å². The highest BCUT2D eigenvalue weighted by Crippen LogP contribution is 2.29. The number of rotatable bonds is 9. The maximum absolute atomic E-state index is 13.6. The summed E-state index contributed by atoms with van der Waals surface area (Å²) in [4.78, 5) is 28.1. The van der Waals surface area contributed by atoms with E-state index < -0.39 is 23.6 Å². The van der Waals surface area contributed by atoms with Crippen molar-refractivity contribution < 1.29 is 14.7 Å². The molecule has 0 aromatic heterocycles. The fourth-order valence-electron chi connectivity index (χ4n) is 5.19. The van der Waals surface area contributed by atoms with Crippen molar-refractivity contribution in [3.63, 3.8) is 0 Å². The van der Waals surface area contributed by atoms with Crippen molar-refractivity contribution in [2.24, 2.45) is 0 Å². The summed E-state index contributed by atoms with van der Waals surface area (Å²) in [5.74, 6) is -0.272. The van der Waals surface area contributed by atoms with Crippen molar-refractivity contribution in [2.75, 3.05) is 11.5 Å². The van der Waals surface area contributed by atoms with Gasteiger partial charge in [-0.05, 0) is 72.1 Å². The van der Waals surface area contributed by atoms with Crippen LogP contribution in [0.4, 0.5) is 5.69 Å². The lowest BCUT2D eigenvalue weighted by molar-refractivity contribution is 0.0850. The zero-order valence-electron chi connectivity index (χ0n) is 24.9. The first-order valence-corrected chi connectivity index (χ1v) is 15.8. The largest absolute Gasteiger partial charge is 0.398 e. The summed E-state index contributed by atoms with van der Waals surface area (Å²) < 4.78 is 0. The minimum absolute atomic E-state index is 0.144. The van der Waals surface area contributed by atoms with Crippen molar-refractivity contribution in [1.82, 2.24) is 10.6 Å². The van der Waals surface area contributed by atoms with Crippen LogP contribution in [-0.2, 0) is 6.42 Å². The first-order valence-electron chi connectivity index (χ1n) is 14.5. The van der Waals surface area contributed by atoms with Crippen molar-refractivity contribution in [3.8, 4) is 0 Å². The molecule has 0 bridgehead atoms. The van der Waals surface area contributed by atoms with Gasteiger partial charge in [-0.15, -0.1) is 11.8 Å². The number of nitrogen functional groups attached to an aromatic ring is 1. The molecule has 5 aromatic carbocycles. The summed E-state index contributed by atoms with van der Waals surface area (Å²) in [6.45, 7) is 5.80. The summed E-state index contributed by atoms with van der Waals surface area (Å²) in [7, 11) is 0. The van der Waals surface area contributed by atoms with Crippen molar-refractivity contribution >= 4 is 62.4 Å². The molecule has 2 amide bonds. The molecule has 0 spiro atoms. The molecule has 0 aliphatic heterocycles. The molecule has 5 N–H and O–H groups in total. The van der Waals surface area contributed by atoms with E-state index in [1.54, 1.807) is 18.2 Å². The summed E-state index contributed by atoms with van der Waals surface area (Å²) in [6.07, 6.45) is -0.875. The Labute approximate surface area is 267 Å². The minimum Gasteiger partial charge on any atom is -0.398 e. The molecule has 5 rings (SSSR count). The Balaban J connectivity index is 1.46. The van der Waals surface area contributed by atoms with E-state index in [-0.39, 0.29) is 22.9 Å². The molecular formula is C36H36ClN3O3S. The number of thioether (sulfide) groups is 1. The number of nitrogens with two attached hydrogens (primary N) is 1. The number of hydrogen-bond donors (Lipinski definition) is 4. The second-order valence-electron chi connectivity index (χ2n) is 11.9. The highest BCUT2D eigenvalue weighted by Gasteiger charge is 2.27. The van der Waals surface area contributed by atoms with E-state index in [9.17, 15) is 14.7 Å². The highest BCUT2D eigenvalue weighted by molar-refractivity contribution is 7.99.